The van der Waals surface area contributed by atoms with Crippen LogP contribution in [0.1, 0.15) is 30.9 Å². The van der Waals surface area contributed by atoms with Gasteiger partial charge in [-0.05, 0) is 37.0 Å². The summed E-state index contributed by atoms with van der Waals surface area (Å²) in [6, 6.07) is 6.79. The van der Waals surface area contributed by atoms with E-state index in [2.05, 4.69) is 47.2 Å². The lowest BCUT2D eigenvalue weighted by Crippen LogP contribution is -2.28. The van der Waals surface area contributed by atoms with Crippen LogP contribution in [0.4, 0.5) is 0 Å². The van der Waals surface area contributed by atoms with Gasteiger partial charge >= 0.3 is 0 Å². The zero-order chi connectivity index (χ0) is 12.0. The van der Waals surface area contributed by atoms with Crippen molar-refractivity contribution in [2.45, 2.75) is 39.3 Å². The molecule has 1 aromatic carbocycles. The van der Waals surface area contributed by atoms with Gasteiger partial charge in [-0.1, -0.05) is 46.6 Å². The highest BCUT2D eigenvalue weighted by Crippen LogP contribution is 2.17. The van der Waals surface area contributed by atoms with Crippen molar-refractivity contribution in [2.24, 2.45) is 0 Å². The third kappa shape index (κ3) is 4.44. The normalized spacial score (nSPS) is 12.8. The number of aryl methyl sites for hydroxylation is 1. The van der Waals surface area contributed by atoms with Gasteiger partial charge in [0, 0.05) is 22.9 Å². The Hall–Kier alpha value is -0.0500. The van der Waals surface area contributed by atoms with Crippen molar-refractivity contribution in [3.63, 3.8) is 0 Å². The minimum Gasteiger partial charge on any atom is -0.310 e. The van der Waals surface area contributed by atoms with Gasteiger partial charge in [-0.25, -0.2) is 0 Å². The van der Waals surface area contributed by atoms with Crippen LogP contribution in [0.25, 0.3) is 0 Å². The average Bonchev–Trinajstić information content (AvgIpc) is 2.26. The van der Waals surface area contributed by atoms with Gasteiger partial charge in [0.05, 0.1) is 0 Å². The SMILES string of the molecule is CCC(CCBr)NCc1ccc(C)cc1Cl. The van der Waals surface area contributed by atoms with Gasteiger partial charge in [0.15, 0.2) is 0 Å². The minimum atomic E-state index is 0.566. The topological polar surface area (TPSA) is 12.0 Å². The highest BCUT2D eigenvalue weighted by atomic mass is 79.9. The Morgan fingerprint density at radius 3 is 2.75 bits per heavy atom. The van der Waals surface area contributed by atoms with E-state index in [1.807, 2.05) is 6.07 Å². The molecule has 0 aromatic heterocycles. The van der Waals surface area contributed by atoms with E-state index in [0.717, 1.165) is 29.7 Å². The summed E-state index contributed by atoms with van der Waals surface area (Å²) in [7, 11) is 0. The van der Waals surface area contributed by atoms with Crippen LogP contribution >= 0.6 is 27.5 Å². The molecule has 0 saturated carbocycles. The lowest BCUT2D eigenvalue weighted by atomic mass is 10.1. The first kappa shape index (κ1) is 14.0. The van der Waals surface area contributed by atoms with Crippen LogP contribution in [0.3, 0.4) is 0 Å². The summed E-state index contributed by atoms with van der Waals surface area (Å²) in [5.41, 5.74) is 2.39. The Balaban J connectivity index is 2.53. The number of alkyl halides is 1. The van der Waals surface area contributed by atoms with Gasteiger partial charge in [-0.3, -0.25) is 0 Å². The van der Waals surface area contributed by atoms with Crippen molar-refractivity contribution in [3.8, 4) is 0 Å². The maximum Gasteiger partial charge on any atom is 0.0453 e. The van der Waals surface area contributed by atoms with Crippen molar-refractivity contribution in [1.29, 1.82) is 0 Å². The van der Waals surface area contributed by atoms with Crippen LogP contribution in [0.15, 0.2) is 18.2 Å². The molecule has 1 N–H and O–H groups in total. The van der Waals surface area contributed by atoms with Crippen molar-refractivity contribution in [2.75, 3.05) is 5.33 Å². The zero-order valence-corrected chi connectivity index (χ0v) is 12.2. The second kappa shape index (κ2) is 7.31. The van der Waals surface area contributed by atoms with E-state index >= 15 is 0 Å². The summed E-state index contributed by atoms with van der Waals surface area (Å²) in [5, 5.41) is 5.44. The molecule has 3 heteroatoms. The van der Waals surface area contributed by atoms with Crippen LogP contribution in [-0.4, -0.2) is 11.4 Å². The predicted molar refractivity (Wildman–Crippen MR) is 75.5 cm³/mol. The van der Waals surface area contributed by atoms with Crippen molar-refractivity contribution < 1.29 is 0 Å². The first-order valence-electron chi connectivity index (χ1n) is 5.71. The fraction of sp³-hybridized carbons (Fsp3) is 0.538. The highest BCUT2D eigenvalue weighted by Gasteiger charge is 2.06. The van der Waals surface area contributed by atoms with Crippen LogP contribution < -0.4 is 5.32 Å². The Morgan fingerprint density at radius 2 is 2.19 bits per heavy atom. The molecule has 0 bridgehead atoms. The lowest BCUT2D eigenvalue weighted by molar-refractivity contribution is 0.488. The van der Waals surface area contributed by atoms with Crippen LogP contribution in [0.2, 0.25) is 5.02 Å². The molecule has 0 heterocycles. The molecule has 1 rings (SSSR count). The molecule has 1 aromatic rings. The molecule has 0 amide bonds. The summed E-state index contributed by atoms with van der Waals surface area (Å²) >= 11 is 9.66. The van der Waals surface area contributed by atoms with Crippen LogP contribution in [0.5, 0.6) is 0 Å². The quantitative estimate of drug-likeness (QED) is 0.773. The van der Waals surface area contributed by atoms with Crippen molar-refractivity contribution >= 4 is 27.5 Å². The molecule has 0 aliphatic heterocycles. The number of hydrogen-bond donors (Lipinski definition) is 1. The molecule has 0 fully saturated rings. The Morgan fingerprint density at radius 1 is 1.44 bits per heavy atom. The van der Waals surface area contributed by atoms with E-state index in [-0.39, 0.29) is 0 Å². The van der Waals surface area contributed by atoms with Gasteiger partial charge in [0.1, 0.15) is 0 Å². The molecular weight excluding hydrogens is 286 g/mol. The standard InChI is InChI=1S/C13H19BrClN/c1-3-12(6-7-14)16-9-11-5-4-10(2)8-13(11)15/h4-5,8,12,16H,3,6-7,9H2,1-2H3. The predicted octanol–water partition coefficient (Wildman–Crippen LogP) is 4.30. The van der Waals surface area contributed by atoms with E-state index in [0.29, 0.717) is 6.04 Å². The fourth-order valence-electron chi connectivity index (χ4n) is 1.63. The van der Waals surface area contributed by atoms with E-state index in [9.17, 15) is 0 Å². The molecule has 0 spiro atoms. The zero-order valence-electron chi connectivity index (χ0n) is 9.89. The molecule has 0 radical (unpaired) electrons. The van der Waals surface area contributed by atoms with Gasteiger partial charge in [-0.2, -0.15) is 0 Å². The first-order chi connectivity index (χ1) is 7.67. The maximum absolute atomic E-state index is 6.18. The number of nitrogens with one attached hydrogen (secondary N) is 1. The fourth-order valence-corrected chi connectivity index (χ4v) is 2.49. The lowest BCUT2D eigenvalue weighted by Gasteiger charge is -2.16. The first-order valence-corrected chi connectivity index (χ1v) is 7.21. The van der Waals surface area contributed by atoms with Gasteiger partial charge in [0.25, 0.3) is 0 Å². The number of rotatable bonds is 6. The van der Waals surface area contributed by atoms with Crippen molar-refractivity contribution in [3.05, 3.63) is 34.3 Å². The van der Waals surface area contributed by atoms with Crippen LogP contribution in [-0.2, 0) is 6.54 Å². The van der Waals surface area contributed by atoms with Crippen molar-refractivity contribution in [1.82, 2.24) is 5.32 Å². The van der Waals surface area contributed by atoms with Gasteiger partial charge in [-0.15, -0.1) is 0 Å². The van der Waals surface area contributed by atoms with E-state index in [1.54, 1.807) is 0 Å². The number of hydrogen-bond acceptors (Lipinski definition) is 1. The second-order valence-corrected chi connectivity index (χ2v) is 5.26. The molecule has 0 aliphatic rings. The summed E-state index contributed by atoms with van der Waals surface area (Å²) in [6.07, 6.45) is 2.30. The average molecular weight is 305 g/mol. The molecule has 1 unspecified atom stereocenters. The molecule has 90 valence electrons. The molecular formula is C13H19BrClN. The Bertz CT molecular complexity index is 328. The second-order valence-electron chi connectivity index (χ2n) is 4.06. The summed E-state index contributed by atoms with van der Waals surface area (Å²) in [5.74, 6) is 0. The summed E-state index contributed by atoms with van der Waals surface area (Å²) in [6.45, 7) is 5.12. The third-order valence-electron chi connectivity index (χ3n) is 2.74. The van der Waals surface area contributed by atoms with E-state index in [1.165, 1.54) is 11.1 Å². The largest absolute Gasteiger partial charge is 0.310 e. The maximum atomic E-state index is 6.18. The summed E-state index contributed by atoms with van der Waals surface area (Å²) < 4.78 is 0. The molecule has 0 aliphatic carbocycles. The molecule has 16 heavy (non-hydrogen) atoms. The molecule has 0 saturated heterocycles. The van der Waals surface area contributed by atoms with Crippen LogP contribution in [0, 0.1) is 6.92 Å². The van der Waals surface area contributed by atoms with Gasteiger partial charge in [0.2, 0.25) is 0 Å². The van der Waals surface area contributed by atoms with Gasteiger partial charge < -0.3 is 5.32 Å². The number of halogens is 2. The minimum absolute atomic E-state index is 0.566. The van der Waals surface area contributed by atoms with E-state index < -0.39 is 0 Å². The highest BCUT2D eigenvalue weighted by molar-refractivity contribution is 9.09. The smallest absolute Gasteiger partial charge is 0.0453 e. The summed E-state index contributed by atoms with van der Waals surface area (Å²) in [4.78, 5) is 0. The number of benzene rings is 1. The molecule has 1 atom stereocenters. The van der Waals surface area contributed by atoms with E-state index in [4.69, 9.17) is 11.6 Å². The Labute approximate surface area is 112 Å². The monoisotopic (exact) mass is 303 g/mol. The molecule has 1 nitrogen and oxygen atoms in total. The third-order valence-corrected chi connectivity index (χ3v) is 3.55. The Kier molecular flexibility index (Phi) is 6.40.